The van der Waals surface area contributed by atoms with Crippen LogP contribution in [0.25, 0.3) is 0 Å². The molecule has 0 fully saturated rings. The molecule has 0 aromatic rings. The van der Waals surface area contributed by atoms with Gasteiger partial charge in [-0.15, -0.1) is 0 Å². The van der Waals surface area contributed by atoms with Crippen LogP contribution in [0.15, 0.2) is 73.4 Å². The van der Waals surface area contributed by atoms with E-state index in [1.54, 1.807) is 26.0 Å². The molecule has 2 heteroatoms. The van der Waals surface area contributed by atoms with Crippen molar-refractivity contribution in [3.05, 3.63) is 73.4 Å². The maximum Gasteiger partial charge on any atom is 0.116 e. The summed E-state index contributed by atoms with van der Waals surface area (Å²) >= 11 is 0. The molecule has 0 bridgehead atoms. The molecule has 0 unspecified atom stereocenters. The van der Waals surface area contributed by atoms with Crippen molar-refractivity contribution in [2.45, 2.75) is 27.7 Å². The van der Waals surface area contributed by atoms with Crippen LogP contribution in [0.4, 0.5) is 8.78 Å². The van der Waals surface area contributed by atoms with Crippen LogP contribution < -0.4 is 0 Å². The Morgan fingerprint density at radius 1 is 0.667 bits per heavy atom. The van der Waals surface area contributed by atoms with Crippen molar-refractivity contribution < 1.29 is 8.78 Å². The number of rotatable bonds is 4. The van der Waals surface area contributed by atoms with Gasteiger partial charge in [0.05, 0.1) is 0 Å². The zero-order valence-corrected chi connectivity index (χ0v) is 11.9. The van der Waals surface area contributed by atoms with E-state index in [-0.39, 0.29) is 0 Å². The van der Waals surface area contributed by atoms with E-state index in [9.17, 15) is 8.78 Å². The highest BCUT2D eigenvalue weighted by Gasteiger charge is 1.77. The van der Waals surface area contributed by atoms with Crippen LogP contribution in [0.1, 0.15) is 27.7 Å². The summed E-state index contributed by atoms with van der Waals surface area (Å²) in [4.78, 5) is 0. The first-order valence-electron chi connectivity index (χ1n) is 5.61. The summed E-state index contributed by atoms with van der Waals surface area (Å²) in [6, 6.07) is 0. The summed E-state index contributed by atoms with van der Waals surface area (Å²) in [6.07, 6.45) is 5.70. The second-order valence-electron chi connectivity index (χ2n) is 3.25. The molecular formula is C16H24F2. The highest BCUT2D eigenvalue weighted by atomic mass is 19.1. The van der Waals surface area contributed by atoms with Crippen molar-refractivity contribution in [1.82, 2.24) is 0 Å². The van der Waals surface area contributed by atoms with Crippen LogP contribution in [-0.4, -0.2) is 0 Å². The standard InChI is InChI=1S/2C7H9F.C2H6/c2*1-6(2)4-5-7(3)8;1-2/h2*4-5H,1,3H2,2H3;1-2H3/b2*5-4-;. The van der Waals surface area contributed by atoms with Gasteiger partial charge in [-0.05, 0) is 26.0 Å². The van der Waals surface area contributed by atoms with Gasteiger partial charge in [0.1, 0.15) is 11.7 Å². The SMILES string of the molecule is C=C(C)/C=C\C(=C)F.C=C(C)/C=C\C(=C)F.CC. The fourth-order valence-corrected chi connectivity index (χ4v) is 0.465. The normalized spacial score (nSPS) is 9.00. The summed E-state index contributed by atoms with van der Waals surface area (Å²) in [5, 5.41) is 0. The minimum absolute atomic E-state index is 0.437. The fraction of sp³-hybridized carbons (Fsp3) is 0.250. The Morgan fingerprint density at radius 3 is 0.944 bits per heavy atom. The molecule has 0 atom stereocenters. The number of halogens is 2. The van der Waals surface area contributed by atoms with Gasteiger partial charge in [0.25, 0.3) is 0 Å². The van der Waals surface area contributed by atoms with E-state index in [2.05, 4.69) is 26.3 Å². The van der Waals surface area contributed by atoms with Crippen molar-refractivity contribution in [3.63, 3.8) is 0 Å². The number of hydrogen-bond acceptors (Lipinski definition) is 0. The summed E-state index contributed by atoms with van der Waals surface area (Å²) in [5.74, 6) is -0.874. The van der Waals surface area contributed by atoms with Crippen LogP contribution in [0.3, 0.4) is 0 Å². The largest absolute Gasteiger partial charge is 0.208 e. The Balaban J connectivity index is -0.000000219. The second kappa shape index (κ2) is 15.3. The Morgan fingerprint density at radius 2 is 0.889 bits per heavy atom. The monoisotopic (exact) mass is 254 g/mol. The molecule has 0 aromatic carbocycles. The zero-order chi connectivity index (χ0) is 15.1. The molecule has 0 aliphatic carbocycles. The lowest BCUT2D eigenvalue weighted by Gasteiger charge is -1.81. The topological polar surface area (TPSA) is 0 Å². The van der Waals surface area contributed by atoms with Crippen molar-refractivity contribution in [3.8, 4) is 0 Å². The van der Waals surface area contributed by atoms with Crippen LogP contribution >= 0.6 is 0 Å². The zero-order valence-electron chi connectivity index (χ0n) is 11.9. The van der Waals surface area contributed by atoms with Gasteiger partial charge in [0, 0.05) is 0 Å². The maximum atomic E-state index is 11.7. The lowest BCUT2D eigenvalue weighted by Crippen LogP contribution is -1.61. The minimum Gasteiger partial charge on any atom is -0.208 e. The van der Waals surface area contributed by atoms with Gasteiger partial charge in [-0.3, -0.25) is 0 Å². The van der Waals surface area contributed by atoms with Gasteiger partial charge in [0.2, 0.25) is 0 Å². The van der Waals surface area contributed by atoms with Crippen molar-refractivity contribution in [2.24, 2.45) is 0 Å². The van der Waals surface area contributed by atoms with Gasteiger partial charge in [-0.25, -0.2) is 8.78 Å². The number of hydrogen-bond donors (Lipinski definition) is 0. The molecule has 0 aliphatic heterocycles. The van der Waals surface area contributed by atoms with Crippen molar-refractivity contribution in [1.29, 1.82) is 0 Å². The molecule has 102 valence electrons. The van der Waals surface area contributed by atoms with Crippen molar-refractivity contribution >= 4 is 0 Å². The first-order chi connectivity index (χ1) is 8.25. The fourth-order valence-electron chi connectivity index (χ4n) is 0.465. The Hall–Kier alpha value is -1.70. The van der Waals surface area contributed by atoms with Crippen LogP contribution in [0, 0.1) is 0 Å². The molecule has 0 saturated heterocycles. The molecule has 0 nitrogen and oxygen atoms in total. The highest BCUT2D eigenvalue weighted by molar-refractivity contribution is 5.19. The van der Waals surface area contributed by atoms with Gasteiger partial charge in [-0.2, -0.15) is 0 Å². The van der Waals surface area contributed by atoms with E-state index in [1.165, 1.54) is 12.2 Å². The highest BCUT2D eigenvalue weighted by Crippen LogP contribution is 1.97. The molecule has 0 aliphatic rings. The Bertz CT molecular complexity index is 265. The van der Waals surface area contributed by atoms with Gasteiger partial charge < -0.3 is 0 Å². The van der Waals surface area contributed by atoms with Crippen LogP contribution in [0.2, 0.25) is 0 Å². The maximum absolute atomic E-state index is 11.7. The molecule has 0 rings (SSSR count). The molecule has 0 N–H and O–H groups in total. The average molecular weight is 254 g/mol. The average Bonchev–Trinajstić information content (AvgIpc) is 2.27. The summed E-state index contributed by atoms with van der Waals surface area (Å²) in [5.41, 5.74) is 1.65. The molecule has 0 radical (unpaired) electrons. The third-order valence-electron chi connectivity index (χ3n) is 1.10. The Kier molecular flexibility index (Phi) is 18.3. The van der Waals surface area contributed by atoms with E-state index >= 15 is 0 Å². The summed E-state index contributed by atoms with van der Waals surface area (Å²) in [6.45, 7) is 20.7. The van der Waals surface area contributed by atoms with Crippen LogP contribution in [0.5, 0.6) is 0 Å². The lowest BCUT2D eigenvalue weighted by molar-refractivity contribution is 0.671. The molecule has 0 heterocycles. The first-order valence-corrected chi connectivity index (χ1v) is 5.61. The molecule has 0 amide bonds. The quantitative estimate of drug-likeness (QED) is 0.522. The molecule has 0 aromatic heterocycles. The van der Waals surface area contributed by atoms with E-state index < -0.39 is 11.7 Å². The third kappa shape index (κ3) is 36.7. The van der Waals surface area contributed by atoms with Crippen LogP contribution in [-0.2, 0) is 0 Å². The van der Waals surface area contributed by atoms with Gasteiger partial charge in [-0.1, -0.05) is 63.5 Å². The minimum atomic E-state index is -0.437. The van der Waals surface area contributed by atoms with E-state index in [0.29, 0.717) is 0 Å². The summed E-state index contributed by atoms with van der Waals surface area (Å²) in [7, 11) is 0. The Labute approximate surface area is 110 Å². The molecule has 18 heavy (non-hydrogen) atoms. The molecule has 0 saturated carbocycles. The van der Waals surface area contributed by atoms with Gasteiger partial charge in [0.15, 0.2) is 0 Å². The van der Waals surface area contributed by atoms with E-state index in [0.717, 1.165) is 11.1 Å². The summed E-state index contributed by atoms with van der Waals surface area (Å²) < 4.78 is 23.5. The van der Waals surface area contributed by atoms with E-state index in [1.807, 2.05) is 13.8 Å². The predicted octanol–water partition coefficient (Wildman–Crippen LogP) is 6.23. The van der Waals surface area contributed by atoms with Gasteiger partial charge >= 0.3 is 0 Å². The van der Waals surface area contributed by atoms with Crippen molar-refractivity contribution in [2.75, 3.05) is 0 Å². The smallest absolute Gasteiger partial charge is 0.116 e. The second-order valence-corrected chi connectivity index (χ2v) is 3.25. The molecule has 0 spiro atoms. The number of allylic oxidation sites excluding steroid dienone is 8. The lowest BCUT2D eigenvalue weighted by atomic mass is 10.3. The first kappa shape index (κ1) is 21.6. The predicted molar refractivity (Wildman–Crippen MR) is 79.8 cm³/mol. The third-order valence-corrected chi connectivity index (χ3v) is 1.10. The van der Waals surface area contributed by atoms with E-state index in [4.69, 9.17) is 0 Å². The molecular weight excluding hydrogens is 230 g/mol.